The van der Waals surface area contributed by atoms with Gasteiger partial charge in [0.1, 0.15) is 0 Å². The first-order valence-corrected chi connectivity index (χ1v) is 5.65. The largest absolute Gasteiger partial charge is 0.296 e. The molecule has 0 unspecified atom stereocenters. The number of rotatable bonds is 2. The second-order valence-corrected chi connectivity index (χ2v) is 4.74. The average molecular weight is 197 g/mol. The van der Waals surface area contributed by atoms with Gasteiger partial charge >= 0.3 is 0 Å². The Morgan fingerprint density at radius 2 is 1.77 bits per heavy atom. The fourth-order valence-corrected chi connectivity index (χ4v) is 1.58. The van der Waals surface area contributed by atoms with Gasteiger partial charge in [-0.15, -0.1) is 0 Å². The van der Waals surface area contributed by atoms with Crippen LogP contribution in [0.2, 0.25) is 0 Å². The van der Waals surface area contributed by atoms with Crippen molar-refractivity contribution in [3.05, 3.63) is 29.8 Å². The Labute approximate surface area is 78.0 Å². The molecule has 0 bridgehead atoms. The minimum absolute atomic E-state index is 0.334. The van der Waals surface area contributed by atoms with E-state index in [-0.39, 0.29) is 0 Å². The molecule has 0 aliphatic heterocycles. The molecule has 0 spiro atoms. The van der Waals surface area contributed by atoms with Crippen LogP contribution >= 0.6 is 0 Å². The van der Waals surface area contributed by atoms with Gasteiger partial charge in [-0.1, -0.05) is 12.1 Å². The Balaban J connectivity index is 3.08. The predicted molar refractivity (Wildman–Crippen MR) is 53.1 cm³/mol. The van der Waals surface area contributed by atoms with Gasteiger partial charge in [0.2, 0.25) is 0 Å². The second-order valence-electron chi connectivity index (χ2n) is 2.73. The summed E-state index contributed by atoms with van der Waals surface area (Å²) in [5.74, 6) is 0. The number of benzene rings is 1. The van der Waals surface area contributed by atoms with Crippen LogP contribution in [0.5, 0.6) is 0 Å². The van der Waals surface area contributed by atoms with Gasteiger partial charge in [0.25, 0.3) is 0 Å². The van der Waals surface area contributed by atoms with Crippen molar-refractivity contribution in [1.82, 2.24) is 0 Å². The molecule has 0 amide bonds. The predicted octanol–water partition coefficient (Wildman–Crippen LogP) is 1.14. The summed E-state index contributed by atoms with van der Waals surface area (Å²) in [4.78, 5) is 4.16. The molecule has 0 aliphatic rings. The Bertz CT molecular complexity index is 404. The third kappa shape index (κ3) is 2.66. The minimum atomic E-state index is -3.08. The molecule has 13 heavy (non-hydrogen) atoms. The lowest BCUT2D eigenvalue weighted by Crippen LogP contribution is -1.96. The third-order valence-electron chi connectivity index (χ3n) is 1.59. The molecule has 3 nitrogen and oxygen atoms in total. The van der Waals surface area contributed by atoms with Gasteiger partial charge in [0, 0.05) is 19.5 Å². The van der Waals surface area contributed by atoms with Crippen LogP contribution in [0.1, 0.15) is 5.56 Å². The smallest absolute Gasteiger partial charge is 0.175 e. The van der Waals surface area contributed by atoms with E-state index in [0.29, 0.717) is 4.90 Å². The van der Waals surface area contributed by atoms with Gasteiger partial charge in [-0.25, -0.2) is 8.42 Å². The molecular weight excluding hydrogens is 186 g/mol. The molecule has 1 rings (SSSR count). The summed E-state index contributed by atoms with van der Waals surface area (Å²) >= 11 is 0. The van der Waals surface area contributed by atoms with Gasteiger partial charge in [-0.05, 0) is 17.7 Å². The lowest BCUT2D eigenvalue weighted by molar-refractivity contribution is 0.602. The van der Waals surface area contributed by atoms with Crippen molar-refractivity contribution in [3.8, 4) is 0 Å². The summed E-state index contributed by atoms with van der Waals surface area (Å²) < 4.78 is 22.1. The number of hydrogen-bond donors (Lipinski definition) is 0. The SMILES string of the molecule is CN=Cc1ccc(S(C)(=O)=O)cc1. The van der Waals surface area contributed by atoms with E-state index >= 15 is 0 Å². The summed E-state index contributed by atoms with van der Waals surface area (Å²) in [6.45, 7) is 0. The van der Waals surface area contributed by atoms with Crippen molar-refractivity contribution in [1.29, 1.82) is 0 Å². The zero-order valence-corrected chi connectivity index (χ0v) is 8.38. The summed E-state index contributed by atoms with van der Waals surface area (Å²) in [5, 5.41) is 0. The lowest BCUT2D eigenvalue weighted by Gasteiger charge is -1.97. The highest BCUT2D eigenvalue weighted by Crippen LogP contribution is 2.08. The van der Waals surface area contributed by atoms with E-state index in [9.17, 15) is 8.42 Å². The average Bonchev–Trinajstić information content (AvgIpc) is 2.04. The molecule has 0 fully saturated rings. The highest BCUT2D eigenvalue weighted by Gasteiger charge is 2.04. The van der Waals surface area contributed by atoms with Crippen molar-refractivity contribution in [3.63, 3.8) is 0 Å². The Kier molecular flexibility index (Phi) is 2.83. The zero-order chi connectivity index (χ0) is 9.90. The molecule has 0 heterocycles. The van der Waals surface area contributed by atoms with Crippen LogP contribution < -0.4 is 0 Å². The molecule has 4 heteroatoms. The molecule has 0 saturated heterocycles. The molecule has 0 radical (unpaired) electrons. The lowest BCUT2D eigenvalue weighted by atomic mass is 10.2. The van der Waals surface area contributed by atoms with Crippen LogP contribution in [0.3, 0.4) is 0 Å². The number of aliphatic imine (C=N–C) groups is 1. The molecule has 0 N–H and O–H groups in total. The summed E-state index contributed by atoms with van der Waals surface area (Å²) in [6.07, 6.45) is 2.86. The standard InChI is InChI=1S/C9H11NO2S/c1-10-7-8-3-5-9(6-4-8)13(2,11)12/h3-7H,1-2H3. The first-order chi connectivity index (χ1) is 6.04. The minimum Gasteiger partial charge on any atom is -0.296 e. The van der Waals surface area contributed by atoms with E-state index < -0.39 is 9.84 Å². The van der Waals surface area contributed by atoms with E-state index in [1.54, 1.807) is 37.5 Å². The zero-order valence-electron chi connectivity index (χ0n) is 7.56. The maximum absolute atomic E-state index is 11.1. The van der Waals surface area contributed by atoms with Gasteiger partial charge < -0.3 is 0 Å². The van der Waals surface area contributed by atoms with E-state index in [1.807, 2.05) is 0 Å². The molecule has 0 atom stereocenters. The third-order valence-corrected chi connectivity index (χ3v) is 2.71. The molecule has 0 saturated carbocycles. The fraction of sp³-hybridized carbons (Fsp3) is 0.222. The van der Waals surface area contributed by atoms with Crippen molar-refractivity contribution in [2.75, 3.05) is 13.3 Å². The van der Waals surface area contributed by atoms with E-state index in [1.165, 1.54) is 6.26 Å². The van der Waals surface area contributed by atoms with Crippen LogP contribution in [0.4, 0.5) is 0 Å². The monoisotopic (exact) mass is 197 g/mol. The van der Waals surface area contributed by atoms with Crippen LogP contribution in [0, 0.1) is 0 Å². The van der Waals surface area contributed by atoms with Crippen LogP contribution in [0.15, 0.2) is 34.2 Å². The Morgan fingerprint density at radius 3 is 2.15 bits per heavy atom. The first kappa shape index (κ1) is 9.92. The van der Waals surface area contributed by atoms with E-state index in [0.717, 1.165) is 5.56 Å². The summed E-state index contributed by atoms with van der Waals surface area (Å²) in [6, 6.07) is 6.60. The fourth-order valence-electron chi connectivity index (χ4n) is 0.950. The molecule has 1 aromatic carbocycles. The van der Waals surface area contributed by atoms with E-state index in [2.05, 4.69) is 4.99 Å². The van der Waals surface area contributed by atoms with Crippen molar-refractivity contribution >= 4 is 16.1 Å². The summed E-state index contributed by atoms with van der Waals surface area (Å²) in [5.41, 5.74) is 0.898. The number of hydrogen-bond acceptors (Lipinski definition) is 3. The molecule has 0 aliphatic carbocycles. The second kappa shape index (κ2) is 3.70. The van der Waals surface area contributed by atoms with Gasteiger partial charge in [0.15, 0.2) is 9.84 Å². The summed E-state index contributed by atoms with van der Waals surface area (Å²) in [7, 11) is -1.41. The molecule has 70 valence electrons. The van der Waals surface area contributed by atoms with Crippen LogP contribution in [-0.4, -0.2) is 27.9 Å². The maximum atomic E-state index is 11.1. The molecular formula is C9H11NO2S. The van der Waals surface area contributed by atoms with Crippen LogP contribution in [0.25, 0.3) is 0 Å². The Morgan fingerprint density at radius 1 is 1.23 bits per heavy atom. The van der Waals surface area contributed by atoms with Gasteiger partial charge in [-0.2, -0.15) is 0 Å². The highest BCUT2D eigenvalue weighted by atomic mass is 32.2. The first-order valence-electron chi connectivity index (χ1n) is 3.76. The van der Waals surface area contributed by atoms with Gasteiger partial charge in [-0.3, -0.25) is 4.99 Å². The van der Waals surface area contributed by atoms with Crippen LogP contribution in [-0.2, 0) is 9.84 Å². The number of sulfone groups is 1. The van der Waals surface area contributed by atoms with Crippen molar-refractivity contribution < 1.29 is 8.42 Å². The number of nitrogens with zero attached hydrogens (tertiary/aromatic N) is 1. The molecule has 0 aromatic heterocycles. The normalized spacial score (nSPS) is 12.2. The Hall–Kier alpha value is -1.16. The van der Waals surface area contributed by atoms with Crippen molar-refractivity contribution in [2.24, 2.45) is 4.99 Å². The van der Waals surface area contributed by atoms with Gasteiger partial charge in [0.05, 0.1) is 4.90 Å². The quantitative estimate of drug-likeness (QED) is 0.667. The highest BCUT2D eigenvalue weighted by molar-refractivity contribution is 7.90. The maximum Gasteiger partial charge on any atom is 0.175 e. The molecule has 1 aromatic rings. The van der Waals surface area contributed by atoms with E-state index in [4.69, 9.17) is 0 Å². The topological polar surface area (TPSA) is 46.5 Å². The van der Waals surface area contributed by atoms with Crippen molar-refractivity contribution in [2.45, 2.75) is 4.90 Å².